The van der Waals surface area contributed by atoms with Crippen molar-refractivity contribution in [2.24, 2.45) is 5.41 Å². The molecule has 0 saturated heterocycles. The van der Waals surface area contributed by atoms with Crippen molar-refractivity contribution in [2.45, 2.75) is 62.3 Å². The van der Waals surface area contributed by atoms with Crippen molar-refractivity contribution in [1.82, 2.24) is 5.32 Å². The number of fused-ring (bicyclic) bond motifs is 1. The zero-order valence-corrected chi connectivity index (χ0v) is 21.0. The molecule has 5 atom stereocenters. The number of methoxy groups -OCH3 is 1. The van der Waals surface area contributed by atoms with Gasteiger partial charge >= 0.3 is 6.18 Å². The molecular formula is C22H28ClF3N2O6S. The average Bonchev–Trinajstić information content (AvgIpc) is 2.89. The molecule has 0 saturated carbocycles. The first-order valence-electron chi connectivity index (χ1n) is 10.5. The lowest BCUT2D eigenvalue weighted by Gasteiger charge is -2.28. The quantitative estimate of drug-likeness (QED) is 0.336. The van der Waals surface area contributed by atoms with Crippen LogP contribution in [0.5, 0.6) is 0 Å². The third kappa shape index (κ3) is 7.83. The summed E-state index contributed by atoms with van der Waals surface area (Å²) in [5, 5.41) is 35.3. The number of amides is 2. The molecule has 0 unspecified atom stereocenters. The van der Waals surface area contributed by atoms with E-state index in [9.17, 15) is 38.1 Å². The molecule has 1 aromatic carbocycles. The molecule has 0 radical (unpaired) electrons. The molecule has 2 amide bonds. The molecule has 8 nitrogen and oxygen atoms in total. The van der Waals surface area contributed by atoms with E-state index in [1.165, 1.54) is 6.08 Å². The van der Waals surface area contributed by atoms with Gasteiger partial charge in [-0.3, -0.25) is 9.59 Å². The first kappa shape index (κ1) is 29.4. The van der Waals surface area contributed by atoms with Crippen LogP contribution in [0.3, 0.4) is 0 Å². The van der Waals surface area contributed by atoms with Crippen molar-refractivity contribution in [3.8, 4) is 0 Å². The highest BCUT2D eigenvalue weighted by molar-refractivity contribution is 7.99. The van der Waals surface area contributed by atoms with E-state index in [1.54, 1.807) is 6.08 Å². The Morgan fingerprint density at radius 1 is 1.26 bits per heavy atom. The summed E-state index contributed by atoms with van der Waals surface area (Å²) in [6.45, 7) is 5.57. The summed E-state index contributed by atoms with van der Waals surface area (Å²) >= 11 is 6.95. The number of aliphatic hydroxyl groups is 3. The monoisotopic (exact) mass is 540 g/mol. The number of anilines is 1. The van der Waals surface area contributed by atoms with Gasteiger partial charge in [-0.1, -0.05) is 44.5 Å². The summed E-state index contributed by atoms with van der Waals surface area (Å²) < 4.78 is 44.3. The third-order valence-electron chi connectivity index (χ3n) is 4.97. The van der Waals surface area contributed by atoms with Crippen molar-refractivity contribution >= 4 is 40.9 Å². The van der Waals surface area contributed by atoms with Gasteiger partial charge in [-0.15, -0.1) is 11.8 Å². The molecule has 0 bridgehead atoms. The second kappa shape index (κ2) is 11.5. The topological polar surface area (TPSA) is 128 Å². The Morgan fingerprint density at radius 3 is 2.43 bits per heavy atom. The molecule has 196 valence electrons. The first-order chi connectivity index (χ1) is 16.0. The first-order valence-corrected chi connectivity index (χ1v) is 11.8. The number of carbonyl (C=O) groups excluding carboxylic acids is 2. The Hall–Kier alpha value is -1.83. The van der Waals surface area contributed by atoms with Gasteiger partial charge in [-0.2, -0.15) is 13.2 Å². The highest BCUT2D eigenvalue weighted by Gasteiger charge is 2.38. The number of carbonyl (C=O) groups is 2. The van der Waals surface area contributed by atoms with Crippen molar-refractivity contribution in [2.75, 3.05) is 18.2 Å². The number of nitrogens with one attached hydrogen (secondary N) is 2. The standard InChI is InChI=1S/C22H28ClF3N2O6S/c1-21(2,3)6-5-14(29)15(30)16(31)17(34-4)20(33)28-13-9-35-18-11(23)7-10(22(24,25)26)8-12(18)27-19(13)32/h5-8,13-17,29-31H,9H2,1-4H3,(H,27,32)(H,28,33)/b6-5+/t13-,14+,15+,16-,17+/m1/s1. The SMILES string of the molecule is CO[C@H](C(=O)N[C@@H]1CSc2c(Cl)cc(C(F)(F)F)cc2NC1=O)[C@H](O)[C@@H](O)[C@@H](O)/C=C/C(C)(C)C. The number of benzene rings is 1. The fraction of sp³-hybridized carbons (Fsp3) is 0.545. The van der Waals surface area contributed by atoms with E-state index in [0.29, 0.717) is 0 Å². The molecule has 1 aromatic rings. The molecule has 2 rings (SSSR count). The van der Waals surface area contributed by atoms with Gasteiger partial charge in [0.25, 0.3) is 5.91 Å². The number of alkyl halides is 3. The number of hydrogen-bond acceptors (Lipinski definition) is 7. The van der Waals surface area contributed by atoms with Gasteiger partial charge in [0.2, 0.25) is 5.91 Å². The summed E-state index contributed by atoms with van der Waals surface area (Å²) in [5.41, 5.74) is -1.50. The second-order valence-corrected chi connectivity index (χ2v) is 10.5. The van der Waals surface area contributed by atoms with Gasteiger partial charge in [-0.25, -0.2) is 0 Å². The lowest BCUT2D eigenvalue weighted by Crippen LogP contribution is -2.55. The Kier molecular flexibility index (Phi) is 9.65. The smallest absolute Gasteiger partial charge is 0.387 e. The summed E-state index contributed by atoms with van der Waals surface area (Å²) in [6.07, 6.45) is -8.59. The molecule has 1 heterocycles. The zero-order valence-electron chi connectivity index (χ0n) is 19.4. The van der Waals surface area contributed by atoms with Crippen molar-refractivity contribution in [3.63, 3.8) is 0 Å². The van der Waals surface area contributed by atoms with E-state index in [2.05, 4.69) is 10.6 Å². The van der Waals surface area contributed by atoms with Crippen molar-refractivity contribution in [1.29, 1.82) is 0 Å². The van der Waals surface area contributed by atoms with Crippen LogP contribution in [0, 0.1) is 5.41 Å². The molecule has 0 fully saturated rings. The van der Waals surface area contributed by atoms with Crippen LogP contribution in [-0.2, 0) is 20.5 Å². The molecular weight excluding hydrogens is 513 g/mol. The molecule has 0 aromatic heterocycles. The van der Waals surface area contributed by atoms with E-state index in [4.69, 9.17) is 16.3 Å². The molecule has 0 spiro atoms. The van der Waals surface area contributed by atoms with E-state index < -0.39 is 54.0 Å². The van der Waals surface area contributed by atoms with E-state index in [0.717, 1.165) is 31.0 Å². The fourth-order valence-electron chi connectivity index (χ4n) is 3.10. The summed E-state index contributed by atoms with van der Waals surface area (Å²) in [7, 11) is 1.09. The lowest BCUT2D eigenvalue weighted by molar-refractivity contribution is -0.150. The van der Waals surface area contributed by atoms with Gasteiger partial charge in [0.1, 0.15) is 24.4 Å². The van der Waals surface area contributed by atoms with Crippen LogP contribution in [0.2, 0.25) is 5.02 Å². The number of hydrogen-bond donors (Lipinski definition) is 5. The number of halogens is 4. The van der Waals surface area contributed by atoms with Gasteiger partial charge in [0.15, 0.2) is 6.10 Å². The maximum Gasteiger partial charge on any atom is 0.416 e. The molecule has 13 heteroatoms. The van der Waals surface area contributed by atoms with Gasteiger partial charge in [-0.05, 0) is 17.5 Å². The van der Waals surface area contributed by atoms with Gasteiger partial charge in [0.05, 0.1) is 16.3 Å². The van der Waals surface area contributed by atoms with Gasteiger partial charge in [0, 0.05) is 17.8 Å². The minimum Gasteiger partial charge on any atom is -0.387 e. The maximum atomic E-state index is 13.1. The van der Waals surface area contributed by atoms with Crippen LogP contribution in [0.25, 0.3) is 0 Å². The van der Waals surface area contributed by atoms with Crippen LogP contribution in [0.15, 0.2) is 29.2 Å². The fourth-order valence-corrected chi connectivity index (χ4v) is 4.52. The number of aliphatic hydroxyl groups excluding tert-OH is 3. The average molecular weight is 541 g/mol. The molecule has 1 aliphatic rings. The molecule has 1 aliphatic heterocycles. The molecule has 35 heavy (non-hydrogen) atoms. The Morgan fingerprint density at radius 2 is 1.89 bits per heavy atom. The summed E-state index contributed by atoms with van der Waals surface area (Å²) in [4.78, 5) is 25.6. The van der Waals surface area contributed by atoms with Crippen LogP contribution in [0.1, 0.15) is 26.3 Å². The van der Waals surface area contributed by atoms with Crippen LogP contribution >= 0.6 is 23.4 Å². The highest BCUT2D eigenvalue weighted by Crippen LogP contribution is 2.41. The Balaban J connectivity index is 2.14. The predicted octanol–water partition coefficient (Wildman–Crippen LogP) is 2.59. The molecule has 5 N–H and O–H groups in total. The van der Waals surface area contributed by atoms with E-state index in [-0.39, 0.29) is 26.8 Å². The van der Waals surface area contributed by atoms with Crippen molar-refractivity contribution in [3.05, 3.63) is 34.9 Å². The molecule has 0 aliphatic carbocycles. The van der Waals surface area contributed by atoms with E-state index >= 15 is 0 Å². The third-order valence-corrected chi connectivity index (χ3v) is 6.61. The van der Waals surface area contributed by atoms with Gasteiger partial charge < -0.3 is 30.7 Å². The lowest BCUT2D eigenvalue weighted by atomic mass is 9.94. The van der Waals surface area contributed by atoms with Crippen LogP contribution in [-0.4, -0.2) is 70.5 Å². The zero-order chi connectivity index (χ0) is 26.7. The number of ether oxygens (including phenoxy) is 1. The largest absolute Gasteiger partial charge is 0.416 e. The number of rotatable bonds is 7. The number of allylic oxidation sites excluding steroid dienone is 1. The second-order valence-electron chi connectivity index (χ2n) is 9.05. The maximum absolute atomic E-state index is 13.1. The van der Waals surface area contributed by atoms with E-state index in [1.807, 2.05) is 20.8 Å². The summed E-state index contributed by atoms with van der Waals surface area (Å²) in [6, 6.07) is 0.273. The number of thioether (sulfide) groups is 1. The Bertz CT molecular complexity index is 970. The summed E-state index contributed by atoms with van der Waals surface area (Å²) in [5.74, 6) is -1.86. The predicted molar refractivity (Wildman–Crippen MR) is 125 cm³/mol. The van der Waals surface area contributed by atoms with Crippen LogP contribution in [0.4, 0.5) is 18.9 Å². The minimum absolute atomic E-state index is 0.0817. The van der Waals surface area contributed by atoms with Crippen LogP contribution < -0.4 is 10.6 Å². The highest BCUT2D eigenvalue weighted by atomic mass is 35.5. The Labute approximate surface area is 209 Å². The van der Waals surface area contributed by atoms with Crippen molar-refractivity contribution < 1.29 is 42.8 Å². The normalized spacial score (nSPS) is 20.4. The minimum atomic E-state index is -4.68.